The number of carbonyl (C=O) groups excluding carboxylic acids is 1. The lowest BCUT2D eigenvalue weighted by Crippen LogP contribution is -2.31. The highest BCUT2D eigenvalue weighted by Crippen LogP contribution is 2.25. The quantitative estimate of drug-likeness (QED) is 0.573. The fraction of sp³-hybridized carbons (Fsp3) is 0.238. The van der Waals surface area contributed by atoms with Crippen LogP contribution in [0.3, 0.4) is 0 Å². The summed E-state index contributed by atoms with van der Waals surface area (Å²) in [6.45, 7) is 1.99. The van der Waals surface area contributed by atoms with E-state index in [1.807, 2.05) is 24.3 Å². The number of pyridine rings is 2. The molecule has 1 fully saturated rings. The van der Waals surface area contributed by atoms with Crippen molar-refractivity contribution in [3.05, 3.63) is 66.0 Å². The summed E-state index contributed by atoms with van der Waals surface area (Å²) in [6.07, 6.45) is 8.45. The second-order valence-electron chi connectivity index (χ2n) is 6.58. The van der Waals surface area contributed by atoms with Crippen LogP contribution >= 0.6 is 0 Å². The molecule has 0 bridgehead atoms. The first-order valence-corrected chi connectivity index (χ1v) is 9.19. The standard InChI is InChI=1S/C21H21N5O/c27-21(16-8-10-22-11-9-16)25-23-15-18-14-17-6-2-3-7-19(17)24-20(18)26-12-4-1-5-13-26/h2-3,6-11,14-15H,1,4-5,12-13H2,(H,25,27)/b23-15-. The van der Waals surface area contributed by atoms with Crippen LogP contribution in [-0.2, 0) is 0 Å². The van der Waals surface area contributed by atoms with E-state index in [1.165, 1.54) is 19.3 Å². The lowest BCUT2D eigenvalue weighted by Gasteiger charge is -2.29. The molecule has 1 N–H and O–H groups in total. The molecular weight excluding hydrogens is 338 g/mol. The van der Waals surface area contributed by atoms with Gasteiger partial charge >= 0.3 is 0 Å². The van der Waals surface area contributed by atoms with Crippen LogP contribution in [0, 0.1) is 0 Å². The monoisotopic (exact) mass is 359 g/mol. The van der Waals surface area contributed by atoms with Gasteiger partial charge in [-0.25, -0.2) is 10.4 Å². The Bertz CT molecular complexity index is 965. The highest BCUT2D eigenvalue weighted by Gasteiger charge is 2.16. The van der Waals surface area contributed by atoms with Crippen molar-refractivity contribution in [2.24, 2.45) is 5.10 Å². The van der Waals surface area contributed by atoms with Gasteiger partial charge in [0.2, 0.25) is 0 Å². The van der Waals surface area contributed by atoms with Gasteiger partial charge in [0, 0.05) is 42.0 Å². The van der Waals surface area contributed by atoms with Crippen molar-refractivity contribution in [2.45, 2.75) is 19.3 Å². The fourth-order valence-electron chi connectivity index (χ4n) is 3.30. The molecule has 6 nitrogen and oxygen atoms in total. The third kappa shape index (κ3) is 3.95. The molecule has 0 spiro atoms. The van der Waals surface area contributed by atoms with Crippen molar-refractivity contribution in [3.63, 3.8) is 0 Å². The van der Waals surface area contributed by atoms with Crippen LogP contribution in [0.25, 0.3) is 10.9 Å². The SMILES string of the molecule is O=C(N/N=C\c1cc2ccccc2nc1N1CCCCC1)c1ccncc1. The Labute approximate surface area is 157 Å². The minimum absolute atomic E-state index is 0.262. The van der Waals surface area contributed by atoms with E-state index in [0.29, 0.717) is 5.56 Å². The Morgan fingerprint density at radius 2 is 1.85 bits per heavy atom. The van der Waals surface area contributed by atoms with Crippen LogP contribution < -0.4 is 10.3 Å². The Balaban J connectivity index is 1.61. The molecule has 3 heterocycles. The van der Waals surface area contributed by atoms with Crippen molar-refractivity contribution in [1.29, 1.82) is 0 Å². The Morgan fingerprint density at radius 1 is 1.07 bits per heavy atom. The highest BCUT2D eigenvalue weighted by atomic mass is 16.2. The van der Waals surface area contributed by atoms with Crippen molar-refractivity contribution in [1.82, 2.24) is 15.4 Å². The number of benzene rings is 1. The second-order valence-corrected chi connectivity index (χ2v) is 6.58. The number of aromatic nitrogens is 2. The number of fused-ring (bicyclic) bond motifs is 1. The van der Waals surface area contributed by atoms with E-state index in [-0.39, 0.29) is 5.91 Å². The number of hydrogen-bond acceptors (Lipinski definition) is 5. The molecule has 2 aromatic heterocycles. The fourth-order valence-corrected chi connectivity index (χ4v) is 3.30. The number of amides is 1. The van der Waals surface area contributed by atoms with Gasteiger partial charge in [-0.3, -0.25) is 9.78 Å². The second kappa shape index (κ2) is 7.95. The molecule has 27 heavy (non-hydrogen) atoms. The van der Waals surface area contributed by atoms with Crippen molar-refractivity contribution < 1.29 is 4.79 Å². The van der Waals surface area contributed by atoms with Gasteiger partial charge in [-0.2, -0.15) is 5.10 Å². The third-order valence-electron chi connectivity index (χ3n) is 4.70. The molecule has 6 heteroatoms. The first kappa shape index (κ1) is 17.1. The Kier molecular flexibility index (Phi) is 5.05. The first-order chi connectivity index (χ1) is 13.3. The molecule has 1 aromatic carbocycles. The van der Waals surface area contributed by atoms with Crippen LogP contribution in [0.4, 0.5) is 5.82 Å². The summed E-state index contributed by atoms with van der Waals surface area (Å²) in [6, 6.07) is 13.4. The Morgan fingerprint density at radius 3 is 2.67 bits per heavy atom. The average Bonchev–Trinajstić information content (AvgIpc) is 2.74. The van der Waals surface area contributed by atoms with Gasteiger partial charge in [0.25, 0.3) is 5.91 Å². The van der Waals surface area contributed by atoms with Gasteiger partial charge in [-0.05, 0) is 43.5 Å². The van der Waals surface area contributed by atoms with Crippen LogP contribution in [0.2, 0.25) is 0 Å². The lowest BCUT2D eigenvalue weighted by atomic mass is 10.1. The number of para-hydroxylation sites is 1. The molecule has 3 aromatic rings. The summed E-state index contributed by atoms with van der Waals surface area (Å²) in [4.78, 5) is 23.2. The minimum atomic E-state index is -0.262. The summed E-state index contributed by atoms with van der Waals surface area (Å²) in [5.41, 5.74) is 4.98. The molecule has 1 saturated heterocycles. The zero-order chi connectivity index (χ0) is 18.5. The van der Waals surface area contributed by atoms with Gasteiger partial charge in [0.05, 0.1) is 11.7 Å². The summed E-state index contributed by atoms with van der Waals surface area (Å²) in [7, 11) is 0. The molecule has 0 aliphatic carbocycles. The van der Waals surface area contributed by atoms with E-state index in [9.17, 15) is 4.79 Å². The molecule has 0 unspecified atom stereocenters. The molecule has 136 valence electrons. The maximum Gasteiger partial charge on any atom is 0.271 e. The molecule has 4 rings (SSSR count). The van der Waals surface area contributed by atoms with E-state index < -0.39 is 0 Å². The first-order valence-electron chi connectivity index (χ1n) is 9.19. The maximum atomic E-state index is 12.2. The van der Waals surface area contributed by atoms with Crippen LogP contribution in [0.1, 0.15) is 35.2 Å². The number of nitrogens with one attached hydrogen (secondary N) is 1. The molecule has 1 amide bonds. The zero-order valence-electron chi connectivity index (χ0n) is 15.0. The minimum Gasteiger partial charge on any atom is -0.356 e. The van der Waals surface area contributed by atoms with Gasteiger partial charge in [-0.15, -0.1) is 0 Å². The third-order valence-corrected chi connectivity index (χ3v) is 4.70. The molecule has 0 saturated carbocycles. The number of anilines is 1. The molecule has 0 atom stereocenters. The topological polar surface area (TPSA) is 70.5 Å². The molecular formula is C21H21N5O. The zero-order valence-corrected chi connectivity index (χ0v) is 15.0. The largest absolute Gasteiger partial charge is 0.356 e. The van der Waals surface area contributed by atoms with Crippen molar-refractivity contribution in [3.8, 4) is 0 Å². The number of nitrogens with zero attached hydrogens (tertiary/aromatic N) is 4. The van der Waals surface area contributed by atoms with E-state index in [4.69, 9.17) is 4.98 Å². The summed E-state index contributed by atoms with van der Waals surface area (Å²) < 4.78 is 0. The molecule has 1 aliphatic heterocycles. The van der Waals surface area contributed by atoms with Gasteiger partial charge in [0.15, 0.2) is 0 Å². The van der Waals surface area contributed by atoms with Gasteiger partial charge < -0.3 is 4.90 Å². The van der Waals surface area contributed by atoms with Crippen LogP contribution in [0.15, 0.2) is 60.0 Å². The van der Waals surface area contributed by atoms with Crippen LogP contribution in [-0.4, -0.2) is 35.2 Å². The summed E-state index contributed by atoms with van der Waals surface area (Å²) in [5.74, 6) is 0.664. The predicted octanol–water partition coefficient (Wildman–Crippen LogP) is 3.38. The lowest BCUT2D eigenvalue weighted by molar-refractivity contribution is 0.0955. The van der Waals surface area contributed by atoms with Gasteiger partial charge in [-0.1, -0.05) is 18.2 Å². The van der Waals surface area contributed by atoms with Gasteiger partial charge in [0.1, 0.15) is 5.82 Å². The number of carbonyl (C=O) groups is 1. The molecule has 1 aliphatic rings. The van der Waals surface area contributed by atoms with Crippen molar-refractivity contribution in [2.75, 3.05) is 18.0 Å². The Hall–Kier alpha value is -3.28. The van der Waals surface area contributed by atoms with Crippen LogP contribution in [0.5, 0.6) is 0 Å². The summed E-state index contributed by atoms with van der Waals surface area (Å²) in [5, 5.41) is 5.22. The van der Waals surface area contributed by atoms with E-state index in [0.717, 1.165) is 35.4 Å². The van der Waals surface area contributed by atoms with E-state index in [1.54, 1.807) is 30.7 Å². The molecule has 0 radical (unpaired) electrons. The number of piperidine rings is 1. The van der Waals surface area contributed by atoms with E-state index in [2.05, 4.69) is 26.5 Å². The highest BCUT2D eigenvalue weighted by molar-refractivity contribution is 5.96. The maximum absolute atomic E-state index is 12.2. The average molecular weight is 359 g/mol. The smallest absolute Gasteiger partial charge is 0.271 e. The predicted molar refractivity (Wildman–Crippen MR) is 107 cm³/mol. The number of hydrogen-bond donors (Lipinski definition) is 1. The van der Waals surface area contributed by atoms with Crippen molar-refractivity contribution >= 4 is 28.8 Å². The summed E-state index contributed by atoms with van der Waals surface area (Å²) >= 11 is 0. The number of hydrazone groups is 1. The number of rotatable bonds is 4. The van der Waals surface area contributed by atoms with E-state index >= 15 is 0 Å². The normalized spacial score (nSPS) is 14.6.